The molecule has 0 aliphatic heterocycles. The molecule has 7 nitrogen and oxygen atoms in total. The van der Waals surface area contributed by atoms with Gasteiger partial charge in [-0.25, -0.2) is 9.97 Å². The number of aliphatic carboxylic acids is 1. The Labute approximate surface area is 205 Å². The fraction of sp³-hybridized carbons (Fsp3) is 0.393. The number of nitrogens with one attached hydrogen (secondary N) is 1. The number of methoxy groups -OCH3 is 1. The standard InChI is InChI=1S/C28H33N3O4/c1-16(20-7-6-8-21(13-20)28(3,4)34)29-26-23-14-22(18-9-11-19(12-10-18)27(32)33)25(35-5)15-24(23)30-17(2)31-26/h6-9,13-16,19,34H,10-12H2,1-5H3,(H,32,33)(H,29,30,31)/t16-,19?/m1/s1. The Bertz CT molecular complexity index is 1290. The van der Waals surface area contributed by atoms with Crippen LogP contribution in [-0.4, -0.2) is 33.3 Å². The topological polar surface area (TPSA) is 105 Å². The van der Waals surface area contributed by atoms with E-state index in [2.05, 4.69) is 17.2 Å². The molecule has 4 rings (SSSR count). The van der Waals surface area contributed by atoms with Gasteiger partial charge in [-0.2, -0.15) is 0 Å². The van der Waals surface area contributed by atoms with Crippen LogP contribution in [0.1, 0.15) is 68.6 Å². The number of carboxylic acids is 1. The van der Waals surface area contributed by atoms with E-state index in [1.165, 1.54) is 0 Å². The summed E-state index contributed by atoms with van der Waals surface area (Å²) in [5, 5.41) is 24.2. The molecule has 0 spiro atoms. The van der Waals surface area contributed by atoms with E-state index in [0.29, 0.717) is 30.8 Å². The largest absolute Gasteiger partial charge is 0.496 e. The highest BCUT2D eigenvalue weighted by Gasteiger charge is 2.24. The van der Waals surface area contributed by atoms with Crippen molar-refractivity contribution in [1.82, 2.24) is 9.97 Å². The molecule has 184 valence electrons. The quantitative estimate of drug-likeness (QED) is 0.408. The molecule has 1 unspecified atom stereocenters. The molecule has 1 aliphatic carbocycles. The first-order chi connectivity index (χ1) is 16.6. The van der Waals surface area contributed by atoms with Gasteiger partial charge in [0.2, 0.25) is 0 Å². The van der Waals surface area contributed by atoms with Crippen LogP contribution in [0.4, 0.5) is 5.82 Å². The maximum Gasteiger partial charge on any atom is 0.306 e. The van der Waals surface area contributed by atoms with Gasteiger partial charge in [0.1, 0.15) is 17.4 Å². The number of fused-ring (bicyclic) bond motifs is 1. The molecule has 1 aromatic heterocycles. The van der Waals surface area contributed by atoms with Gasteiger partial charge in [-0.1, -0.05) is 30.3 Å². The Morgan fingerprint density at radius 3 is 2.63 bits per heavy atom. The minimum atomic E-state index is -0.924. The SMILES string of the molecule is COc1cc2nc(C)nc(N[C@H](C)c3cccc(C(C)(C)O)c3)c2cc1C1=CCC(C(=O)O)CC1. The van der Waals surface area contributed by atoms with E-state index in [0.717, 1.165) is 39.0 Å². The van der Waals surface area contributed by atoms with Crippen LogP contribution in [0.25, 0.3) is 16.5 Å². The third-order valence-corrected chi connectivity index (χ3v) is 6.68. The van der Waals surface area contributed by atoms with Crippen LogP contribution in [-0.2, 0) is 10.4 Å². The zero-order chi connectivity index (χ0) is 25.3. The second-order valence-electron chi connectivity index (χ2n) is 9.78. The summed E-state index contributed by atoms with van der Waals surface area (Å²) in [4.78, 5) is 20.7. The zero-order valence-electron chi connectivity index (χ0n) is 20.9. The van der Waals surface area contributed by atoms with Crippen molar-refractivity contribution in [2.45, 2.75) is 58.6 Å². The number of allylic oxidation sites excluding steroid dienone is 2. The summed E-state index contributed by atoms with van der Waals surface area (Å²) in [6, 6.07) is 11.8. The number of carboxylic acid groups (broad SMARTS) is 1. The van der Waals surface area contributed by atoms with Crippen LogP contribution in [0.5, 0.6) is 5.75 Å². The van der Waals surface area contributed by atoms with Crippen LogP contribution < -0.4 is 10.1 Å². The molecule has 3 N–H and O–H groups in total. The summed E-state index contributed by atoms with van der Waals surface area (Å²) < 4.78 is 5.69. The Morgan fingerprint density at radius 2 is 2.00 bits per heavy atom. The van der Waals surface area contributed by atoms with Gasteiger partial charge in [0.15, 0.2) is 0 Å². The van der Waals surface area contributed by atoms with E-state index in [9.17, 15) is 15.0 Å². The van der Waals surface area contributed by atoms with E-state index in [1.807, 2.05) is 49.4 Å². The number of aromatic nitrogens is 2. The highest BCUT2D eigenvalue weighted by atomic mass is 16.5. The predicted octanol–water partition coefficient (Wildman–Crippen LogP) is 5.62. The average molecular weight is 476 g/mol. The van der Waals surface area contributed by atoms with Crippen LogP contribution in [0, 0.1) is 12.8 Å². The summed E-state index contributed by atoms with van der Waals surface area (Å²) in [6.45, 7) is 7.48. The molecule has 0 radical (unpaired) electrons. The second kappa shape index (κ2) is 9.66. The second-order valence-corrected chi connectivity index (χ2v) is 9.78. The van der Waals surface area contributed by atoms with E-state index >= 15 is 0 Å². The Balaban J connectivity index is 1.73. The number of carbonyl (C=O) groups is 1. The molecular formula is C28H33N3O4. The first kappa shape index (κ1) is 24.7. The number of anilines is 1. The van der Waals surface area contributed by atoms with Gasteiger partial charge in [0.05, 0.1) is 24.1 Å². The van der Waals surface area contributed by atoms with Gasteiger partial charge < -0.3 is 20.3 Å². The molecule has 3 aromatic rings. The molecule has 2 aromatic carbocycles. The lowest BCUT2D eigenvalue weighted by Gasteiger charge is -2.23. The number of aryl methyl sites for hydroxylation is 1. The highest BCUT2D eigenvalue weighted by Crippen LogP contribution is 2.39. The smallest absolute Gasteiger partial charge is 0.306 e. The van der Waals surface area contributed by atoms with Crippen molar-refractivity contribution >= 4 is 28.3 Å². The average Bonchev–Trinajstić information content (AvgIpc) is 2.82. The van der Waals surface area contributed by atoms with Crippen molar-refractivity contribution in [3.8, 4) is 5.75 Å². The fourth-order valence-electron chi connectivity index (χ4n) is 4.58. The van der Waals surface area contributed by atoms with Crippen LogP contribution in [0.2, 0.25) is 0 Å². The van der Waals surface area contributed by atoms with Crippen LogP contribution >= 0.6 is 0 Å². The van der Waals surface area contributed by atoms with Gasteiger partial charge in [-0.15, -0.1) is 0 Å². The van der Waals surface area contributed by atoms with Crippen LogP contribution in [0.15, 0.2) is 42.5 Å². The number of benzene rings is 2. The van der Waals surface area contributed by atoms with Gasteiger partial charge in [0.25, 0.3) is 0 Å². The summed E-state index contributed by atoms with van der Waals surface area (Å²) in [5.74, 6) is 0.996. The van der Waals surface area contributed by atoms with E-state index < -0.39 is 11.6 Å². The first-order valence-corrected chi connectivity index (χ1v) is 11.9. The molecule has 0 saturated heterocycles. The van der Waals surface area contributed by atoms with Crippen molar-refractivity contribution in [2.75, 3.05) is 12.4 Å². The van der Waals surface area contributed by atoms with Gasteiger partial charge in [0, 0.05) is 23.1 Å². The molecule has 0 amide bonds. The maximum absolute atomic E-state index is 11.4. The molecular weight excluding hydrogens is 442 g/mol. The van der Waals surface area contributed by atoms with Crippen molar-refractivity contribution in [3.63, 3.8) is 0 Å². The van der Waals surface area contributed by atoms with E-state index in [4.69, 9.17) is 9.72 Å². The zero-order valence-corrected chi connectivity index (χ0v) is 20.9. The molecule has 2 atom stereocenters. The Hall–Kier alpha value is -3.45. The third kappa shape index (κ3) is 5.30. The molecule has 0 fully saturated rings. The summed E-state index contributed by atoms with van der Waals surface area (Å²) in [7, 11) is 1.64. The number of nitrogens with zero attached hydrogens (tertiary/aromatic N) is 2. The number of hydrogen-bond acceptors (Lipinski definition) is 6. The molecule has 0 saturated carbocycles. The Kier molecular flexibility index (Phi) is 6.81. The van der Waals surface area contributed by atoms with Crippen molar-refractivity contribution in [3.05, 3.63) is 65.0 Å². The van der Waals surface area contributed by atoms with E-state index in [-0.39, 0.29) is 12.0 Å². The van der Waals surface area contributed by atoms with Crippen molar-refractivity contribution in [2.24, 2.45) is 5.92 Å². The minimum Gasteiger partial charge on any atom is -0.496 e. The first-order valence-electron chi connectivity index (χ1n) is 11.9. The molecule has 1 aliphatic rings. The number of ether oxygens (including phenoxy) is 1. The highest BCUT2D eigenvalue weighted by molar-refractivity contribution is 5.94. The van der Waals surface area contributed by atoms with E-state index in [1.54, 1.807) is 21.0 Å². The normalized spacial score (nSPS) is 17.1. The molecule has 7 heteroatoms. The monoisotopic (exact) mass is 475 g/mol. The van der Waals surface area contributed by atoms with Gasteiger partial charge in [-0.3, -0.25) is 4.79 Å². The van der Waals surface area contributed by atoms with Crippen molar-refractivity contribution < 1.29 is 19.7 Å². The predicted molar refractivity (Wildman–Crippen MR) is 138 cm³/mol. The summed E-state index contributed by atoms with van der Waals surface area (Å²) in [6.07, 6.45) is 3.80. The number of rotatable bonds is 7. The number of aliphatic hydroxyl groups is 1. The lowest BCUT2D eigenvalue weighted by Crippen LogP contribution is -2.17. The minimum absolute atomic E-state index is 0.0643. The summed E-state index contributed by atoms with van der Waals surface area (Å²) in [5.41, 5.74) is 3.76. The molecule has 1 heterocycles. The summed E-state index contributed by atoms with van der Waals surface area (Å²) >= 11 is 0. The van der Waals surface area contributed by atoms with Gasteiger partial charge in [-0.05, 0) is 69.7 Å². The van der Waals surface area contributed by atoms with Gasteiger partial charge >= 0.3 is 5.97 Å². The third-order valence-electron chi connectivity index (χ3n) is 6.68. The lowest BCUT2D eigenvalue weighted by molar-refractivity contribution is -0.141. The van der Waals surface area contributed by atoms with Crippen molar-refractivity contribution in [1.29, 1.82) is 0 Å². The Morgan fingerprint density at radius 1 is 1.23 bits per heavy atom. The fourth-order valence-corrected chi connectivity index (χ4v) is 4.58. The maximum atomic E-state index is 11.4. The van der Waals surface area contributed by atoms with Crippen LogP contribution in [0.3, 0.4) is 0 Å². The number of hydrogen-bond donors (Lipinski definition) is 3. The lowest BCUT2D eigenvalue weighted by atomic mass is 9.86. The molecule has 0 bridgehead atoms. The molecule has 35 heavy (non-hydrogen) atoms.